The molecule has 1 amide bonds. The quantitative estimate of drug-likeness (QED) is 0.695. The number of nitrogens with one attached hydrogen (secondary N) is 1. The zero-order chi connectivity index (χ0) is 19.6. The van der Waals surface area contributed by atoms with Gasteiger partial charge in [0.25, 0.3) is 0 Å². The molecule has 0 radical (unpaired) electrons. The maximum absolute atomic E-state index is 12.3. The lowest BCUT2D eigenvalue weighted by molar-refractivity contribution is -0.116. The summed E-state index contributed by atoms with van der Waals surface area (Å²) in [6.07, 6.45) is 3.93. The van der Waals surface area contributed by atoms with Gasteiger partial charge in [-0.1, -0.05) is 0 Å². The van der Waals surface area contributed by atoms with E-state index < -0.39 is 10.0 Å². The normalized spacial score (nSPS) is 11.9. The fraction of sp³-hybridized carbons (Fsp3) is 0.278. The zero-order valence-electron chi connectivity index (χ0n) is 15.4. The van der Waals surface area contributed by atoms with Crippen molar-refractivity contribution in [3.8, 4) is 0 Å². The van der Waals surface area contributed by atoms with Gasteiger partial charge in [0.2, 0.25) is 15.9 Å². The Morgan fingerprint density at radius 1 is 1.19 bits per heavy atom. The van der Waals surface area contributed by atoms with Gasteiger partial charge in [-0.15, -0.1) is 0 Å². The number of sulfonamides is 1. The summed E-state index contributed by atoms with van der Waals surface area (Å²) in [7, 11) is 1.32. The number of anilines is 1. The van der Waals surface area contributed by atoms with E-state index in [0.717, 1.165) is 5.52 Å². The first kappa shape index (κ1) is 19.0. The first-order valence-corrected chi connectivity index (χ1v) is 9.81. The number of rotatable bonds is 6. The fourth-order valence-electron chi connectivity index (χ4n) is 2.71. The second kappa shape index (κ2) is 7.45. The number of pyridine rings is 1. The third-order valence-electron chi connectivity index (χ3n) is 4.26. The van der Waals surface area contributed by atoms with Crippen molar-refractivity contribution in [3.63, 3.8) is 0 Å². The largest absolute Gasteiger partial charge is 0.331 e. The van der Waals surface area contributed by atoms with E-state index in [0.29, 0.717) is 23.4 Å². The van der Waals surface area contributed by atoms with Crippen molar-refractivity contribution in [3.05, 3.63) is 48.5 Å². The van der Waals surface area contributed by atoms with Crippen LogP contribution >= 0.6 is 0 Å². The van der Waals surface area contributed by atoms with E-state index in [-0.39, 0.29) is 17.2 Å². The molecule has 0 aliphatic heterocycles. The molecule has 0 aliphatic rings. The third kappa shape index (κ3) is 3.99. The van der Waals surface area contributed by atoms with Crippen molar-refractivity contribution >= 4 is 32.7 Å². The van der Waals surface area contributed by atoms with Crippen molar-refractivity contribution in [2.45, 2.75) is 17.7 Å². The van der Waals surface area contributed by atoms with Crippen molar-refractivity contribution in [1.82, 2.24) is 18.8 Å². The minimum absolute atomic E-state index is 0.121. The Kier molecular flexibility index (Phi) is 5.24. The molecule has 0 fully saturated rings. The monoisotopic (exact) mass is 387 g/mol. The van der Waals surface area contributed by atoms with Crippen LogP contribution in [0.4, 0.5) is 5.69 Å². The Hall–Kier alpha value is -2.78. The van der Waals surface area contributed by atoms with Gasteiger partial charge in [-0.05, 0) is 30.3 Å². The minimum Gasteiger partial charge on any atom is -0.331 e. The van der Waals surface area contributed by atoms with Gasteiger partial charge in [-0.3, -0.25) is 9.78 Å². The van der Waals surface area contributed by atoms with Gasteiger partial charge >= 0.3 is 0 Å². The maximum Gasteiger partial charge on any atom is 0.242 e. The number of aromatic nitrogens is 3. The molecule has 8 nitrogen and oxygen atoms in total. The van der Waals surface area contributed by atoms with Crippen LogP contribution in [0.1, 0.15) is 12.2 Å². The highest BCUT2D eigenvalue weighted by Crippen LogP contribution is 2.22. The summed E-state index contributed by atoms with van der Waals surface area (Å²) in [6.45, 7) is 0. The highest BCUT2D eigenvalue weighted by molar-refractivity contribution is 7.89. The Balaban J connectivity index is 1.77. The fourth-order valence-corrected chi connectivity index (χ4v) is 3.63. The SMILES string of the molecule is CN(C)S(=O)(=O)c1ccc2c(c1)nc(CCC(=O)Nc1ccncc1)n2C. The molecule has 9 heteroatoms. The highest BCUT2D eigenvalue weighted by atomic mass is 32.2. The van der Waals surface area contributed by atoms with Crippen LogP contribution in [-0.2, 0) is 28.3 Å². The molecular weight excluding hydrogens is 366 g/mol. The van der Waals surface area contributed by atoms with Crippen molar-refractivity contribution in [2.75, 3.05) is 19.4 Å². The number of imidazole rings is 1. The van der Waals surface area contributed by atoms with Gasteiger partial charge in [-0.2, -0.15) is 0 Å². The molecule has 0 bridgehead atoms. The third-order valence-corrected chi connectivity index (χ3v) is 6.07. The molecule has 3 aromatic rings. The number of carbonyl (C=O) groups is 1. The van der Waals surface area contributed by atoms with Crippen LogP contribution in [0.3, 0.4) is 0 Å². The molecule has 0 spiro atoms. The van der Waals surface area contributed by atoms with E-state index in [1.165, 1.54) is 18.4 Å². The molecule has 0 aliphatic carbocycles. The molecule has 0 atom stereocenters. The van der Waals surface area contributed by atoms with E-state index in [2.05, 4.69) is 15.3 Å². The van der Waals surface area contributed by atoms with Crippen LogP contribution in [0, 0.1) is 0 Å². The first-order valence-electron chi connectivity index (χ1n) is 8.37. The molecule has 3 rings (SSSR count). The Bertz CT molecular complexity index is 1080. The topological polar surface area (TPSA) is 97.2 Å². The molecule has 0 saturated carbocycles. The van der Waals surface area contributed by atoms with E-state index >= 15 is 0 Å². The summed E-state index contributed by atoms with van der Waals surface area (Å²) in [5.74, 6) is 0.596. The number of hydrogen-bond acceptors (Lipinski definition) is 5. The number of benzene rings is 1. The van der Waals surface area contributed by atoms with Crippen molar-refractivity contribution < 1.29 is 13.2 Å². The average Bonchev–Trinajstić information content (AvgIpc) is 2.96. The van der Waals surface area contributed by atoms with E-state index in [1.807, 2.05) is 11.6 Å². The predicted octanol–water partition coefficient (Wildman–Crippen LogP) is 1.79. The van der Waals surface area contributed by atoms with Gasteiger partial charge in [-0.25, -0.2) is 17.7 Å². The van der Waals surface area contributed by atoms with Crippen LogP contribution in [-0.4, -0.2) is 47.3 Å². The number of fused-ring (bicyclic) bond motifs is 1. The zero-order valence-corrected chi connectivity index (χ0v) is 16.2. The molecule has 27 heavy (non-hydrogen) atoms. The Labute approximate surface area is 157 Å². The lowest BCUT2D eigenvalue weighted by Crippen LogP contribution is -2.22. The molecule has 142 valence electrons. The lowest BCUT2D eigenvalue weighted by atomic mass is 10.2. The van der Waals surface area contributed by atoms with Gasteiger partial charge in [0.05, 0.1) is 15.9 Å². The van der Waals surface area contributed by atoms with Crippen LogP contribution in [0.15, 0.2) is 47.6 Å². The molecular formula is C18H21N5O3S. The molecule has 1 aromatic carbocycles. The van der Waals surface area contributed by atoms with Crippen LogP contribution < -0.4 is 5.32 Å². The predicted molar refractivity (Wildman–Crippen MR) is 103 cm³/mol. The molecule has 2 heterocycles. The van der Waals surface area contributed by atoms with Gasteiger partial charge in [0, 0.05) is 52.1 Å². The summed E-state index contributed by atoms with van der Waals surface area (Å²) < 4.78 is 27.6. The minimum atomic E-state index is -3.52. The maximum atomic E-state index is 12.3. The standard InChI is InChI=1S/C18H21N5O3S/c1-22(2)27(25,26)14-4-5-16-15(12-14)21-17(23(16)3)6-7-18(24)20-13-8-10-19-11-9-13/h4-5,8-12H,6-7H2,1-3H3,(H,19,20,24). The number of carbonyl (C=O) groups excluding carboxylic acids is 1. The van der Waals surface area contributed by atoms with Gasteiger partial charge in [0.15, 0.2) is 0 Å². The molecule has 2 aromatic heterocycles. The van der Waals surface area contributed by atoms with Gasteiger partial charge in [0.1, 0.15) is 5.82 Å². The summed E-state index contributed by atoms with van der Waals surface area (Å²) in [6, 6.07) is 8.31. The Morgan fingerprint density at radius 2 is 1.89 bits per heavy atom. The van der Waals surface area contributed by atoms with Crippen LogP contribution in [0.2, 0.25) is 0 Å². The summed E-state index contributed by atoms with van der Waals surface area (Å²) >= 11 is 0. The average molecular weight is 387 g/mol. The molecule has 0 unspecified atom stereocenters. The number of hydrogen-bond donors (Lipinski definition) is 1. The van der Waals surface area contributed by atoms with Crippen molar-refractivity contribution in [1.29, 1.82) is 0 Å². The van der Waals surface area contributed by atoms with E-state index in [9.17, 15) is 13.2 Å². The van der Waals surface area contributed by atoms with Gasteiger partial charge < -0.3 is 9.88 Å². The van der Waals surface area contributed by atoms with E-state index in [1.54, 1.807) is 42.7 Å². The second-order valence-corrected chi connectivity index (χ2v) is 8.46. The first-order chi connectivity index (χ1) is 12.8. The second-order valence-electron chi connectivity index (χ2n) is 6.31. The Morgan fingerprint density at radius 3 is 2.56 bits per heavy atom. The lowest BCUT2D eigenvalue weighted by Gasteiger charge is -2.10. The number of nitrogens with zero attached hydrogens (tertiary/aromatic N) is 4. The number of aryl methyl sites for hydroxylation is 2. The molecule has 0 saturated heterocycles. The summed E-state index contributed by atoms with van der Waals surface area (Å²) in [4.78, 5) is 20.7. The van der Waals surface area contributed by atoms with Crippen molar-refractivity contribution in [2.24, 2.45) is 7.05 Å². The summed E-state index contributed by atoms with van der Waals surface area (Å²) in [5, 5.41) is 2.81. The smallest absolute Gasteiger partial charge is 0.242 e. The van der Waals surface area contributed by atoms with Crippen LogP contribution in [0.25, 0.3) is 11.0 Å². The highest BCUT2D eigenvalue weighted by Gasteiger charge is 2.19. The number of amides is 1. The van der Waals surface area contributed by atoms with Crippen LogP contribution in [0.5, 0.6) is 0 Å². The molecule has 1 N–H and O–H groups in total. The summed E-state index contributed by atoms with van der Waals surface area (Å²) in [5.41, 5.74) is 2.10. The van der Waals surface area contributed by atoms with E-state index in [4.69, 9.17) is 0 Å².